The molecule has 238 valence electrons. The number of fused-ring (bicyclic) bond motifs is 1. The van der Waals surface area contributed by atoms with Crippen molar-refractivity contribution in [3.8, 4) is 56.2 Å². The van der Waals surface area contributed by atoms with Gasteiger partial charge in [-0.25, -0.2) is 9.97 Å². The normalized spacial score (nSPS) is 13.5. The summed E-state index contributed by atoms with van der Waals surface area (Å²) in [6, 6.07) is 55.3. The van der Waals surface area contributed by atoms with E-state index in [1.807, 2.05) is 19.2 Å². The molecule has 2 heterocycles. The quantitative estimate of drug-likeness (QED) is 0.174. The summed E-state index contributed by atoms with van der Waals surface area (Å²) in [4.78, 5) is 12.8. The molecule has 0 amide bonds. The third-order valence-corrected chi connectivity index (χ3v) is 9.25. The SMILES string of the molecule is CCC1Nc2ccccc2N1c1cccc(-c2cc(NC)ccc2-c2ccccc2-c2nc(-c3ccccc3)cc(-c3ccccc3)n2)c1. The van der Waals surface area contributed by atoms with Crippen LogP contribution in [0.3, 0.4) is 0 Å². The first-order valence-corrected chi connectivity index (χ1v) is 16.9. The van der Waals surface area contributed by atoms with Crippen molar-refractivity contribution in [1.82, 2.24) is 9.97 Å². The summed E-state index contributed by atoms with van der Waals surface area (Å²) in [5.74, 6) is 0.693. The Labute approximate surface area is 288 Å². The average Bonchev–Trinajstić information content (AvgIpc) is 3.57. The molecule has 1 atom stereocenters. The molecule has 5 nitrogen and oxygen atoms in total. The van der Waals surface area contributed by atoms with Gasteiger partial charge in [0.1, 0.15) is 6.17 Å². The molecule has 0 saturated heterocycles. The lowest BCUT2D eigenvalue weighted by molar-refractivity contribution is 0.728. The summed E-state index contributed by atoms with van der Waals surface area (Å²) >= 11 is 0. The molecule has 1 aromatic heterocycles. The zero-order valence-corrected chi connectivity index (χ0v) is 27.6. The molecule has 0 bridgehead atoms. The van der Waals surface area contributed by atoms with Gasteiger partial charge < -0.3 is 15.5 Å². The average molecular weight is 636 g/mol. The summed E-state index contributed by atoms with van der Waals surface area (Å²) in [6.45, 7) is 2.23. The van der Waals surface area contributed by atoms with Crippen molar-refractivity contribution in [2.75, 3.05) is 22.6 Å². The van der Waals surface area contributed by atoms with Gasteiger partial charge in [-0.15, -0.1) is 0 Å². The van der Waals surface area contributed by atoms with Gasteiger partial charge in [-0.05, 0) is 71.1 Å². The molecule has 49 heavy (non-hydrogen) atoms. The number of anilines is 4. The van der Waals surface area contributed by atoms with E-state index in [9.17, 15) is 0 Å². The summed E-state index contributed by atoms with van der Waals surface area (Å²) < 4.78 is 0. The van der Waals surface area contributed by atoms with Crippen LogP contribution >= 0.6 is 0 Å². The number of hydrogen-bond donors (Lipinski definition) is 2. The molecule has 2 N–H and O–H groups in total. The highest BCUT2D eigenvalue weighted by Gasteiger charge is 2.28. The summed E-state index contributed by atoms with van der Waals surface area (Å²) in [7, 11) is 1.97. The molecule has 0 saturated carbocycles. The van der Waals surface area contributed by atoms with Gasteiger partial charge in [0.15, 0.2) is 5.82 Å². The van der Waals surface area contributed by atoms with Crippen LogP contribution in [0.5, 0.6) is 0 Å². The highest BCUT2D eigenvalue weighted by Crippen LogP contribution is 2.44. The molecule has 0 spiro atoms. The Morgan fingerprint density at radius 2 is 1.18 bits per heavy atom. The van der Waals surface area contributed by atoms with Crippen LogP contribution in [0, 0.1) is 0 Å². The minimum absolute atomic E-state index is 0.185. The first-order chi connectivity index (χ1) is 24.2. The second kappa shape index (κ2) is 13.1. The third kappa shape index (κ3) is 5.80. The van der Waals surface area contributed by atoms with Crippen molar-refractivity contribution in [2.45, 2.75) is 19.5 Å². The molecule has 6 aromatic carbocycles. The van der Waals surface area contributed by atoms with E-state index in [0.717, 1.165) is 68.1 Å². The maximum absolute atomic E-state index is 5.19. The summed E-state index contributed by atoms with van der Waals surface area (Å²) in [5, 5.41) is 7.07. The Morgan fingerprint density at radius 1 is 0.571 bits per heavy atom. The van der Waals surface area contributed by atoms with Crippen molar-refractivity contribution in [3.05, 3.63) is 158 Å². The number of aromatic nitrogens is 2. The Kier molecular flexibility index (Phi) is 8.08. The number of rotatable bonds is 8. The molecule has 8 rings (SSSR count). The Morgan fingerprint density at radius 3 is 1.88 bits per heavy atom. The van der Waals surface area contributed by atoms with Crippen LogP contribution in [0.25, 0.3) is 56.2 Å². The Hall–Kier alpha value is -6.20. The van der Waals surface area contributed by atoms with E-state index in [0.29, 0.717) is 5.82 Å². The monoisotopic (exact) mass is 635 g/mol. The molecule has 1 unspecified atom stereocenters. The van der Waals surface area contributed by atoms with Crippen LogP contribution in [0.2, 0.25) is 0 Å². The Bertz CT molecular complexity index is 2190. The predicted octanol–water partition coefficient (Wildman–Crippen LogP) is 11.2. The molecular formula is C44H37N5. The van der Waals surface area contributed by atoms with E-state index >= 15 is 0 Å². The molecule has 1 aliphatic heterocycles. The van der Waals surface area contributed by atoms with E-state index in [-0.39, 0.29) is 6.17 Å². The topological polar surface area (TPSA) is 53.1 Å². The van der Waals surface area contributed by atoms with Gasteiger partial charge in [0.25, 0.3) is 0 Å². The van der Waals surface area contributed by atoms with Gasteiger partial charge in [0, 0.05) is 35.1 Å². The lowest BCUT2D eigenvalue weighted by Gasteiger charge is -2.27. The zero-order chi connectivity index (χ0) is 33.2. The first kappa shape index (κ1) is 30.2. The molecular weight excluding hydrogens is 599 g/mol. The summed E-state index contributed by atoms with van der Waals surface area (Å²) in [5.41, 5.74) is 13.9. The van der Waals surface area contributed by atoms with Gasteiger partial charge in [-0.2, -0.15) is 0 Å². The molecule has 0 aliphatic carbocycles. The van der Waals surface area contributed by atoms with E-state index in [1.54, 1.807) is 0 Å². The smallest absolute Gasteiger partial charge is 0.161 e. The van der Waals surface area contributed by atoms with Crippen LogP contribution < -0.4 is 15.5 Å². The maximum Gasteiger partial charge on any atom is 0.161 e. The minimum atomic E-state index is 0.185. The van der Waals surface area contributed by atoms with Crippen molar-refractivity contribution in [2.24, 2.45) is 0 Å². The Balaban J connectivity index is 1.29. The van der Waals surface area contributed by atoms with Gasteiger partial charge in [0.05, 0.1) is 22.8 Å². The van der Waals surface area contributed by atoms with Gasteiger partial charge >= 0.3 is 0 Å². The van der Waals surface area contributed by atoms with Crippen LogP contribution in [-0.2, 0) is 0 Å². The minimum Gasteiger partial charge on any atom is -0.388 e. The maximum atomic E-state index is 5.19. The predicted molar refractivity (Wildman–Crippen MR) is 205 cm³/mol. The molecule has 1 aliphatic rings. The van der Waals surface area contributed by atoms with Gasteiger partial charge in [0.2, 0.25) is 0 Å². The summed E-state index contributed by atoms with van der Waals surface area (Å²) in [6.07, 6.45) is 1.16. The molecule has 0 radical (unpaired) electrons. The number of para-hydroxylation sites is 2. The second-order valence-corrected chi connectivity index (χ2v) is 12.3. The molecule has 5 heteroatoms. The second-order valence-electron chi connectivity index (χ2n) is 12.3. The number of nitrogens with zero attached hydrogens (tertiary/aromatic N) is 3. The highest BCUT2D eigenvalue weighted by molar-refractivity contribution is 5.93. The number of benzene rings is 6. The van der Waals surface area contributed by atoms with Crippen molar-refractivity contribution < 1.29 is 0 Å². The standard InChI is InChI=1S/C44H37N5/c1-3-43-46-39-23-12-13-24-42(39)49(43)34-20-14-19-32(27-34)38-28-33(45-2)25-26-36(38)35-21-10-11-22-37(35)44-47-40(30-15-6-4-7-16-30)29-41(48-44)31-17-8-5-9-18-31/h4-29,43,45-46H,3H2,1-2H3. The van der Waals surface area contributed by atoms with Crippen LogP contribution in [0.15, 0.2) is 158 Å². The lowest BCUT2D eigenvalue weighted by Crippen LogP contribution is -2.30. The van der Waals surface area contributed by atoms with E-state index in [4.69, 9.17) is 9.97 Å². The van der Waals surface area contributed by atoms with E-state index in [2.05, 4.69) is 168 Å². The van der Waals surface area contributed by atoms with Crippen LogP contribution in [0.4, 0.5) is 22.7 Å². The molecule has 7 aromatic rings. The highest BCUT2D eigenvalue weighted by atomic mass is 15.3. The van der Waals surface area contributed by atoms with Crippen LogP contribution in [-0.4, -0.2) is 23.2 Å². The van der Waals surface area contributed by atoms with E-state index < -0.39 is 0 Å². The fraction of sp³-hybridized carbons (Fsp3) is 0.0909. The zero-order valence-electron chi connectivity index (χ0n) is 27.6. The third-order valence-electron chi connectivity index (χ3n) is 9.25. The van der Waals surface area contributed by atoms with Crippen molar-refractivity contribution in [3.63, 3.8) is 0 Å². The fourth-order valence-electron chi connectivity index (χ4n) is 6.81. The fourth-order valence-corrected chi connectivity index (χ4v) is 6.81. The van der Waals surface area contributed by atoms with Gasteiger partial charge in [-0.3, -0.25) is 0 Å². The molecule has 0 fully saturated rings. The number of nitrogens with one attached hydrogen (secondary N) is 2. The van der Waals surface area contributed by atoms with Crippen molar-refractivity contribution in [1.29, 1.82) is 0 Å². The van der Waals surface area contributed by atoms with E-state index in [1.165, 1.54) is 11.4 Å². The first-order valence-electron chi connectivity index (χ1n) is 16.9. The number of hydrogen-bond acceptors (Lipinski definition) is 5. The lowest BCUT2D eigenvalue weighted by atomic mass is 9.90. The largest absolute Gasteiger partial charge is 0.388 e. The van der Waals surface area contributed by atoms with Crippen molar-refractivity contribution >= 4 is 22.7 Å². The van der Waals surface area contributed by atoms with Crippen LogP contribution in [0.1, 0.15) is 13.3 Å². The van der Waals surface area contributed by atoms with Gasteiger partial charge in [-0.1, -0.05) is 122 Å².